The summed E-state index contributed by atoms with van der Waals surface area (Å²) in [6.45, 7) is 3.93. The second kappa shape index (κ2) is 6.14. The Morgan fingerprint density at radius 3 is 2.65 bits per heavy atom. The lowest BCUT2D eigenvalue weighted by Gasteiger charge is -2.14. The van der Waals surface area contributed by atoms with Gasteiger partial charge in [0.1, 0.15) is 11.5 Å². The molecule has 0 spiro atoms. The van der Waals surface area contributed by atoms with E-state index in [4.69, 9.17) is 4.42 Å². The first kappa shape index (κ1) is 14.0. The van der Waals surface area contributed by atoms with Gasteiger partial charge in [-0.15, -0.1) is 0 Å². The number of anilines is 2. The molecule has 0 fully saturated rings. The largest absolute Gasteiger partial charge is 0.464 e. The van der Waals surface area contributed by atoms with Gasteiger partial charge in [0, 0.05) is 11.4 Å². The van der Waals surface area contributed by atoms with Crippen LogP contribution >= 0.6 is 0 Å². The Balaban J connectivity index is 2.05. The molecule has 1 amide bonds. The number of hydrogen-bond donors (Lipinski definition) is 2. The van der Waals surface area contributed by atoms with Gasteiger partial charge in [0.15, 0.2) is 0 Å². The number of hydrogen-bond acceptors (Lipinski definition) is 4. The first-order valence-corrected chi connectivity index (χ1v) is 6.36. The predicted molar refractivity (Wildman–Crippen MR) is 78.0 cm³/mol. The van der Waals surface area contributed by atoms with E-state index in [9.17, 15) is 4.79 Å². The summed E-state index contributed by atoms with van der Waals surface area (Å²) >= 11 is 0. The number of rotatable bonds is 4. The first-order chi connectivity index (χ1) is 9.58. The van der Waals surface area contributed by atoms with Gasteiger partial charge in [-0.25, -0.2) is 4.79 Å². The topological polar surface area (TPSA) is 63.5 Å². The van der Waals surface area contributed by atoms with Gasteiger partial charge >= 0.3 is 6.09 Å². The molecule has 106 valence electrons. The third kappa shape index (κ3) is 3.54. The van der Waals surface area contributed by atoms with Crippen molar-refractivity contribution in [3.05, 3.63) is 47.9 Å². The first-order valence-electron chi connectivity index (χ1n) is 6.36. The number of amides is 1. The van der Waals surface area contributed by atoms with Gasteiger partial charge in [0.25, 0.3) is 0 Å². The number of carbonyl (C=O) groups is 1. The fourth-order valence-electron chi connectivity index (χ4n) is 1.86. The average molecular weight is 274 g/mol. The summed E-state index contributed by atoms with van der Waals surface area (Å²) in [7, 11) is 1.33. The highest BCUT2D eigenvalue weighted by Gasteiger charge is 2.09. The number of ether oxygens (including phenoxy) is 1. The lowest BCUT2D eigenvalue weighted by Crippen LogP contribution is -2.11. The van der Waals surface area contributed by atoms with E-state index in [1.165, 1.54) is 7.11 Å². The van der Waals surface area contributed by atoms with Crippen molar-refractivity contribution in [2.24, 2.45) is 0 Å². The molecule has 0 saturated heterocycles. The van der Waals surface area contributed by atoms with Crippen molar-refractivity contribution < 1.29 is 13.9 Å². The number of benzene rings is 1. The SMILES string of the molecule is COC(=O)Nc1cccc(NC(C)c2ccc(C)o2)c1. The van der Waals surface area contributed by atoms with E-state index < -0.39 is 6.09 Å². The molecule has 0 aliphatic carbocycles. The molecule has 0 aliphatic rings. The highest BCUT2D eigenvalue weighted by atomic mass is 16.5. The Morgan fingerprint density at radius 1 is 1.25 bits per heavy atom. The Hall–Kier alpha value is -2.43. The maximum atomic E-state index is 11.2. The van der Waals surface area contributed by atoms with Gasteiger partial charge in [-0.3, -0.25) is 5.32 Å². The molecule has 5 heteroatoms. The predicted octanol–water partition coefficient (Wildman–Crippen LogP) is 3.94. The molecular weight excluding hydrogens is 256 g/mol. The summed E-state index contributed by atoms with van der Waals surface area (Å²) in [5.41, 5.74) is 1.56. The third-order valence-electron chi connectivity index (χ3n) is 2.87. The van der Waals surface area contributed by atoms with Crippen LogP contribution in [0.1, 0.15) is 24.5 Å². The Bertz CT molecular complexity index is 592. The monoisotopic (exact) mass is 274 g/mol. The van der Waals surface area contributed by atoms with E-state index in [0.29, 0.717) is 5.69 Å². The third-order valence-corrected chi connectivity index (χ3v) is 2.87. The molecule has 0 saturated carbocycles. The number of methoxy groups -OCH3 is 1. The van der Waals surface area contributed by atoms with E-state index in [2.05, 4.69) is 15.4 Å². The zero-order valence-corrected chi connectivity index (χ0v) is 11.8. The van der Waals surface area contributed by atoms with E-state index in [0.717, 1.165) is 17.2 Å². The minimum absolute atomic E-state index is 0.0390. The molecular formula is C15H18N2O3. The minimum Gasteiger partial charge on any atom is -0.464 e. The molecule has 0 aliphatic heterocycles. The van der Waals surface area contributed by atoms with Gasteiger partial charge in [-0.1, -0.05) is 6.07 Å². The minimum atomic E-state index is -0.489. The number of furan rings is 1. The molecule has 20 heavy (non-hydrogen) atoms. The highest BCUT2D eigenvalue weighted by Crippen LogP contribution is 2.23. The molecule has 0 bridgehead atoms. The zero-order chi connectivity index (χ0) is 14.5. The van der Waals surface area contributed by atoms with Gasteiger partial charge in [0.2, 0.25) is 0 Å². The Labute approximate surface area is 117 Å². The lowest BCUT2D eigenvalue weighted by atomic mass is 10.2. The molecule has 1 atom stereocenters. The van der Waals surface area contributed by atoms with Crippen LogP contribution < -0.4 is 10.6 Å². The van der Waals surface area contributed by atoms with Gasteiger partial charge < -0.3 is 14.5 Å². The number of carbonyl (C=O) groups excluding carboxylic acids is 1. The van der Waals surface area contributed by atoms with E-state index in [-0.39, 0.29) is 6.04 Å². The standard InChI is InChI=1S/C15H18N2O3/c1-10-7-8-14(20-10)11(2)16-12-5-4-6-13(9-12)17-15(18)19-3/h4-9,11,16H,1-3H3,(H,17,18). The van der Waals surface area contributed by atoms with Crippen molar-refractivity contribution in [2.75, 3.05) is 17.7 Å². The maximum Gasteiger partial charge on any atom is 0.411 e. The molecule has 1 aromatic heterocycles. The average Bonchev–Trinajstić information content (AvgIpc) is 2.86. The van der Waals surface area contributed by atoms with Crippen LogP contribution in [0.2, 0.25) is 0 Å². The van der Waals surface area contributed by atoms with Gasteiger partial charge in [-0.05, 0) is 44.2 Å². The van der Waals surface area contributed by atoms with Crippen LogP contribution in [-0.2, 0) is 4.74 Å². The van der Waals surface area contributed by atoms with E-state index in [1.54, 1.807) is 6.07 Å². The molecule has 1 aromatic carbocycles. The van der Waals surface area contributed by atoms with Gasteiger partial charge in [0.05, 0.1) is 13.2 Å². The van der Waals surface area contributed by atoms with Crippen molar-refractivity contribution in [1.29, 1.82) is 0 Å². The number of aryl methyl sites for hydroxylation is 1. The van der Waals surface area contributed by atoms with Crippen molar-refractivity contribution in [3.63, 3.8) is 0 Å². The van der Waals surface area contributed by atoms with Crippen LogP contribution in [0, 0.1) is 6.92 Å². The molecule has 0 radical (unpaired) electrons. The summed E-state index contributed by atoms with van der Waals surface area (Å²) in [6, 6.07) is 11.3. The van der Waals surface area contributed by atoms with Crippen molar-refractivity contribution >= 4 is 17.5 Å². The van der Waals surface area contributed by atoms with Gasteiger partial charge in [-0.2, -0.15) is 0 Å². The molecule has 5 nitrogen and oxygen atoms in total. The molecule has 2 N–H and O–H groups in total. The fraction of sp³-hybridized carbons (Fsp3) is 0.267. The molecule has 1 unspecified atom stereocenters. The van der Waals surface area contributed by atoms with Crippen LogP contribution in [0.25, 0.3) is 0 Å². The van der Waals surface area contributed by atoms with E-state index >= 15 is 0 Å². The summed E-state index contributed by atoms with van der Waals surface area (Å²) in [5.74, 6) is 1.75. The second-order valence-corrected chi connectivity index (χ2v) is 4.51. The fourth-order valence-corrected chi connectivity index (χ4v) is 1.86. The van der Waals surface area contributed by atoms with Crippen molar-refractivity contribution in [1.82, 2.24) is 0 Å². The number of nitrogens with one attached hydrogen (secondary N) is 2. The summed E-state index contributed by atoms with van der Waals surface area (Å²) < 4.78 is 10.1. The maximum absolute atomic E-state index is 11.2. The quantitative estimate of drug-likeness (QED) is 0.886. The van der Waals surface area contributed by atoms with Crippen LogP contribution in [0.5, 0.6) is 0 Å². The van der Waals surface area contributed by atoms with Crippen molar-refractivity contribution in [2.45, 2.75) is 19.9 Å². The van der Waals surface area contributed by atoms with Crippen LogP contribution in [0.4, 0.5) is 16.2 Å². The second-order valence-electron chi connectivity index (χ2n) is 4.51. The lowest BCUT2D eigenvalue weighted by molar-refractivity contribution is 0.187. The van der Waals surface area contributed by atoms with Crippen LogP contribution in [0.3, 0.4) is 0 Å². The van der Waals surface area contributed by atoms with E-state index in [1.807, 2.05) is 44.2 Å². The van der Waals surface area contributed by atoms with Crippen LogP contribution in [0.15, 0.2) is 40.8 Å². The normalized spacial score (nSPS) is 11.8. The Kier molecular flexibility index (Phi) is 4.30. The summed E-state index contributed by atoms with van der Waals surface area (Å²) in [4.78, 5) is 11.2. The van der Waals surface area contributed by atoms with Crippen molar-refractivity contribution in [3.8, 4) is 0 Å². The molecule has 1 heterocycles. The summed E-state index contributed by atoms with van der Waals surface area (Å²) in [5, 5.41) is 5.94. The Morgan fingerprint density at radius 2 is 2.00 bits per heavy atom. The van der Waals surface area contributed by atoms with Crippen LogP contribution in [-0.4, -0.2) is 13.2 Å². The summed E-state index contributed by atoms with van der Waals surface area (Å²) in [6.07, 6.45) is -0.489. The zero-order valence-electron chi connectivity index (χ0n) is 11.8. The molecule has 2 rings (SSSR count). The molecule has 2 aromatic rings. The highest BCUT2D eigenvalue weighted by molar-refractivity contribution is 5.85. The smallest absolute Gasteiger partial charge is 0.411 e.